The molecule has 6 nitrogen and oxygen atoms in total. The lowest BCUT2D eigenvalue weighted by Gasteiger charge is -2.09. The first-order valence-electron chi connectivity index (χ1n) is 9.41. The molecule has 0 fully saturated rings. The number of benzene rings is 2. The van der Waals surface area contributed by atoms with E-state index in [1.54, 1.807) is 4.68 Å². The molecule has 1 N–H and O–H groups in total. The molecule has 6 heteroatoms. The lowest BCUT2D eigenvalue weighted by Crippen LogP contribution is -2.24. The number of rotatable bonds is 7. The van der Waals surface area contributed by atoms with Crippen LogP contribution in [-0.2, 0) is 17.9 Å². The van der Waals surface area contributed by atoms with Gasteiger partial charge in [0.2, 0.25) is 0 Å². The normalized spacial score (nSPS) is 11.0. The van der Waals surface area contributed by atoms with Gasteiger partial charge in [-0.25, -0.2) is 4.68 Å². The summed E-state index contributed by atoms with van der Waals surface area (Å²) < 4.78 is 7.32. The summed E-state index contributed by atoms with van der Waals surface area (Å²) in [7, 11) is 0. The van der Waals surface area contributed by atoms with Crippen molar-refractivity contribution in [3.8, 4) is 5.69 Å². The maximum absolute atomic E-state index is 12.6. The molecule has 0 aliphatic heterocycles. The van der Waals surface area contributed by atoms with Crippen molar-refractivity contribution in [2.75, 3.05) is 0 Å². The Labute approximate surface area is 165 Å². The third kappa shape index (κ3) is 4.84. The minimum absolute atomic E-state index is 0.183. The van der Waals surface area contributed by atoms with Crippen LogP contribution in [0.15, 0.2) is 48.5 Å². The van der Waals surface area contributed by atoms with E-state index in [0.29, 0.717) is 24.5 Å². The highest BCUT2D eigenvalue weighted by Gasteiger charge is 2.17. The van der Waals surface area contributed by atoms with Crippen LogP contribution in [0.1, 0.15) is 46.7 Å². The van der Waals surface area contributed by atoms with Crippen molar-refractivity contribution in [2.45, 2.75) is 47.0 Å². The number of nitrogens with zero attached hydrogens (tertiary/aromatic N) is 3. The van der Waals surface area contributed by atoms with Crippen molar-refractivity contribution in [1.29, 1.82) is 0 Å². The van der Waals surface area contributed by atoms with E-state index in [4.69, 9.17) is 4.74 Å². The van der Waals surface area contributed by atoms with E-state index in [1.807, 2.05) is 76.2 Å². The standard InChI is InChI=1S/C22H26N4O2/c1-15(2)28-14-19-7-5-6-18(12-19)13-23-22(27)21-17(4)26(25-24-21)20-10-8-16(3)9-11-20/h5-12,15H,13-14H2,1-4H3,(H,23,27). The lowest BCUT2D eigenvalue weighted by atomic mass is 10.1. The van der Waals surface area contributed by atoms with Gasteiger partial charge in [0.1, 0.15) is 0 Å². The quantitative estimate of drug-likeness (QED) is 0.680. The van der Waals surface area contributed by atoms with Gasteiger partial charge in [0.25, 0.3) is 5.91 Å². The molecule has 0 aliphatic rings. The first kappa shape index (κ1) is 19.8. The summed E-state index contributed by atoms with van der Waals surface area (Å²) in [4.78, 5) is 12.6. The number of aryl methyl sites for hydroxylation is 1. The molecule has 28 heavy (non-hydrogen) atoms. The van der Waals surface area contributed by atoms with Gasteiger partial charge in [0.05, 0.1) is 24.1 Å². The fourth-order valence-electron chi connectivity index (χ4n) is 2.83. The van der Waals surface area contributed by atoms with Gasteiger partial charge in [-0.3, -0.25) is 4.79 Å². The summed E-state index contributed by atoms with van der Waals surface area (Å²) in [5.74, 6) is -0.236. The second-order valence-electron chi connectivity index (χ2n) is 7.13. The Kier molecular flexibility index (Phi) is 6.21. The predicted octanol–water partition coefficient (Wildman–Crippen LogP) is 3.74. The molecule has 0 saturated carbocycles. The molecule has 0 atom stereocenters. The van der Waals surface area contributed by atoms with Gasteiger partial charge >= 0.3 is 0 Å². The molecule has 3 aromatic rings. The molecule has 0 unspecified atom stereocenters. The van der Waals surface area contributed by atoms with Crippen molar-refractivity contribution in [2.24, 2.45) is 0 Å². The summed E-state index contributed by atoms with van der Waals surface area (Å²) in [5, 5.41) is 11.1. The Hall–Kier alpha value is -2.99. The van der Waals surface area contributed by atoms with Gasteiger partial charge in [0.15, 0.2) is 5.69 Å². The van der Waals surface area contributed by atoms with Gasteiger partial charge in [-0.2, -0.15) is 0 Å². The summed E-state index contributed by atoms with van der Waals surface area (Å²) in [6.07, 6.45) is 0.183. The zero-order chi connectivity index (χ0) is 20.1. The Balaban J connectivity index is 1.66. The number of hydrogen-bond acceptors (Lipinski definition) is 4. The Morgan fingerprint density at radius 3 is 2.54 bits per heavy atom. The van der Waals surface area contributed by atoms with Crippen molar-refractivity contribution in [1.82, 2.24) is 20.3 Å². The van der Waals surface area contributed by atoms with Crippen molar-refractivity contribution in [3.63, 3.8) is 0 Å². The largest absolute Gasteiger partial charge is 0.374 e. The molecule has 1 amide bonds. The maximum Gasteiger partial charge on any atom is 0.274 e. The van der Waals surface area contributed by atoms with E-state index < -0.39 is 0 Å². The summed E-state index contributed by atoms with van der Waals surface area (Å²) in [6, 6.07) is 15.9. The molecule has 0 saturated heterocycles. The smallest absolute Gasteiger partial charge is 0.274 e. The van der Waals surface area contributed by atoms with Crippen LogP contribution in [0.25, 0.3) is 5.69 Å². The van der Waals surface area contributed by atoms with E-state index in [2.05, 4.69) is 15.6 Å². The van der Waals surface area contributed by atoms with Crippen LogP contribution in [-0.4, -0.2) is 27.0 Å². The maximum atomic E-state index is 12.6. The zero-order valence-electron chi connectivity index (χ0n) is 16.8. The summed E-state index contributed by atoms with van der Waals surface area (Å²) in [5.41, 5.74) is 5.19. The average molecular weight is 378 g/mol. The Morgan fingerprint density at radius 2 is 1.82 bits per heavy atom. The number of hydrogen-bond donors (Lipinski definition) is 1. The minimum Gasteiger partial charge on any atom is -0.374 e. The summed E-state index contributed by atoms with van der Waals surface area (Å²) >= 11 is 0. The average Bonchev–Trinajstić information content (AvgIpc) is 3.07. The van der Waals surface area contributed by atoms with Gasteiger partial charge in [0, 0.05) is 6.54 Å². The number of carbonyl (C=O) groups is 1. The number of carbonyl (C=O) groups excluding carboxylic acids is 1. The lowest BCUT2D eigenvalue weighted by molar-refractivity contribution is 0.0657. The zero-order valence-corrected chi connectivity index (χ0v) is 16.8. The number of aromatic nitrogens is 3. The van der Waals surface area contributed by atoms with Crippen LogP contribution in [0.4, 0.5) is 0 Å². The highest BCUT2D eigenvalue weighted by Crippen LogP contribution is 2.13. The molecular weight excluding hydrogens is 352 g/mol. The fraction of sp³-hybridized carbons (Fsp3) is 0.318. The summed E-state index contributed by atoms with van der Waals surface area (Å²) in [6.45, 7) is 8.88. The number of nitrogens with one attached hydrogen (secondary N) is 1. The molecule has 0 spiro atoms. The highest BCUT2D eigenvalue weighted by molar-refractivity contribution is 5.93. The van der Waals surface area contributed by atoms with Crippen LogP contribution in [0, 0.1) is 13.8 Å². The monoisotopic (exact) mass is 378 g/mol. The first-order chi connectivity index (χ1) is 13.4. The van der Waals surface area contributed by atoms with E-state index in [0.717, 1.165) is 16.8 Å². The van der Waals surface area contributed by atoms with Crippen LogP contribution in [0.3, 0.4) is 0 Å². The van der Waals surface area contributed by atoms with Crippen LogP contribution < -0.4 is 5.32 Å². The third-order valence-corrected chi connectivity index (χ3v) is 4.42. The molecule has 1 heterocycles. The van der Waals surface area contributed by atoms with Crippen molar-refractivity contribution in [3.05, 3.63) is 76.6 Å². The molecule has 0 radical (unpaired) electrons. The van der Waals surface area contributed by atoms with Crippen LogP contribution in [0.2, 0.25) is 0 Å². The van der Waals surface area contributed by atoms with Gasteiger partial charge in [-0.1, -0.05) is 47.2 Å². The highest BCUT2D eigenvalue weighted by atomic mass is 16.5. The SMILES string of the molecule is Cc1ccc(-n2nnc(C(=O)NCc3cccc(COC(C)C)c3)c2C)cc1. The third-order valence-electron chi connectivity index (χ3n) is 4.42. The molecule has 3 rings (SSSR count). The van der Waals surface area contributed by atoms with E-state index in [-0.39, 0.29) is 12.0 Å². The van der Waals surface area contributed by atoms with Crippen LogP contribution >= 0.6 is 0 Å². The Morgan fingerprint density at radius 1 is 1.11 bits per heavy atom. The molecule has 2 aromatic carbocycles. The first-order valence-corrected chi connectivity index (χ1v) is 9.41. The molecule has 146 valence electrons. The molecule has 0 bridgehead atoms. The predicted molar refractivity (Wildman–Crippen MR) is 108 cm³/mol. The van der Waals surface area contributed by atoms with Gasteiger partial charge < -0.3 is 10.1 Å². The van der Waals surface area contributed by atoms with Crippen molar-refractivity contribution >= 4 is 5.91 Å². The van der Waals surface area contributed by atoms with Crippen molar-refractivity contribution < 1.29 is 9.53 Å². The fourth-order valence-corrected chi connectivity index (χ4v) is 2.83. The number of ether oxygens (including phenoxy) is 1. The second kappa shape index (κ2) is 8.80. The van der Waals surface area contributed by atoms with Crippen LogP contribution in [0.5, 0.6) is 0 Å². The second-order valence-corrected chi connectivity index (χ2v) is 7.13. The topological polar surface area (TPSA) is 69.0 Å². The van der Waals surface area contributed by atoms with Gasteiger partial charge in [-0.15, -0.1) is 5.10 Å². The number of amides is 1. The van der Waals surface area contributed by atoms with E-state index >= 15 is 0 Å². The van der Waals surface area contributed by atoms with E-state index in [1.165, 1.54) is 5.56 Å². The molecule has 1 aromatic heterocycles. The van der Waals surface area contributed by atoms with E-state index in [9.17, 15) is 4.79 Å². The molecule has 0 aliphatic carbocycles. The Bertz CT molecular complexity index is 945. The molecular formula is C22H26N4O2. The minimum atomic E-state index is -0.236. The van der Waals surface area contributed by atoms with Gasteiger partial charge in [-0.05, 0) is 51.0 Å².